The van der Waals surface area contributed by atoms with Crippen LogP contribution in [0.2, 0.25) is 0 Å². The Balaban J connectivity index is 2.29. The molecule has 3 heteroatoms. The zero-order valence-electron chi connectivity index (χ0n) is 9.10. The van der Waals surface area contributed by atoms with Gasteiger partial charge in [-0.3, -0.25) is 4.79 Å². The maximum Gasteiger partial charge on any atom is 0.237 e. The van der Waals surface area contributed by atoms with Crippen molar-refractivity contribution in [1.82, 2.24) is 10.6 Å². The summed E-state index contributed by atoms with van der Waals surface area (Å²) in [6, 6.07) is -0.111. The topological polar surface area (TPSA) is 41.1 Å². The van der Waals surface area contributed by atoms with Crippen molar-refractivity contribution in [1.29, 1.82) is 0 Å². The first-order valence-corrected chi connectivity index (χ1v) is 5.24. The summed E-state index contributed by atoms with van der Waals surface area (Å²) in [7, 11) is 0. The van der Waals surface area contributed by atoms with Crippen LogP contribution < -0.4 is 10.6 Å². The monoisotopic (exact) mass is 196 g/mol. The van der Waals surface area contributed by atoms with Crippen LogP contribution in [0.25, 0.3) is 0 Å². The lowest BCUT2D eigenvalue weighted by atomic mass is 9.78. The average molecular weight is 196 g/mol. The Labute approximate surface area is 86.0 Å². The second-order valence-corrected chi connectivity index (χ2v) is 4.31. The Kier molecular flexibility index (Phi) is 3.69. The molecule has 0 bridgehead atoms. The fourth-order valence-corrected chi connectivity index (χ4v) is 1.77. The van der Waals surface area contributed by atoms with Crippen molar-refractivity contribution in [3.05, 3.63) is 12.7 Å². The molecule has 1 rings (SSSR count). The minimum absolute atomic E-state index is 0.0537. The second-order valence-electron chi connectivity index (χ2n) is 4.31. The number of carbonyl (C=O) groups is 1. The van der Waals surface area contributed by atoms with Crippen LogP contribution in [0, 0.1) is 0 Å². The van der Waals surface area contributed by atoms with Crippen molar-refractivity contribution in [2.24, 2.45) is 0 Å². The molecule has 1 atom stereocenters. The molecule has 0 radical (unpaired) electrons. The van der Waals surface area contributed by atoms with Crippen molar-refractivity contribution in [3.8, 4) is 0 Å². The number of carbonyl (C=O) groups excluding carboxylic acids is 1. The Morgan fingerprint density at radius 2 is 2.29 bits per heavy atom. The lowest BCUT2D eigenvalue weighted by molar-refractivity contribution is -0.123. The predicted molar refractivity (Wildman–Crippen MR) is 58.1 cm³/mol. The number of hydrogen-bond acceptors (Lipinski definition) is 2. The third-order valence-corrected chi connectivity index (χ3v) is 2.84. The molecule has 1 amide bonds. The average Bonchev–Trinajstić information content (AvgIpc) is 2.11. The van der Waals surface area contributed by atoms with Crippen molar-refractivity contribution >= 4 is 5.91 Å². The van der Waals surface area contributed by atoms with Crippen LogP contribution in [-0.2, 0) is 4.79 Å². The summed E-state index contributed by atoms with van der Waals surface area (Å²) in [5.74, 6) is 0.0537. The molecule has 1 aliphatic rings. The molecular formula is C11H20N2O. The molecule has 0 heterocycles. The maximum absolute atomic E-state index is 11.5. The van der Waals surface area contributed by atoms with Gasteiger partial charge in [-0.25, -0.2) is 0 Å². The lowest BCUT2D eigenvalue weighted by Gasteiger charge is -2.41. The molecular weight excluding hydrogens is 176 g/mol. The summed E-state index contributed by atoms with van der Waals surface area (Å²) >= 11 is 0. The first kappa shape index (κ1) is 11.2. The van der Waals surface area contributed by atoms with Crippen LogP contribution in [0.15, 0.2) is 12.7 Å². The smallest absolute Gasteiger partial charge is 0.237 e. The predicted octanol–water partition coefficient (Wildman–Crippen LogP) is 1.21. The van der Waals surface area contributed by atoms with E-state index in [2.05, 4.69) is 24.1 Å². The van der Waals surface area contributed by atoms with Crippen LogP contribution in [0.4, 0.5) is 0 Å². The molecule has 0 aromatic heterocycles. The fourth-order valence-electron chi connectivity index (χ4n) is 1.77. The first-order chi connectivity index (χ1) is 6.57. The van der Waals surface area contributed by atoms with E-state index in [0.29, 0.717) is 6.54 Å². The largest absolute Gasteiger partial charge is 0.351 e. The van der Waals surface area contributed by atoms with Crippen molar-refractivity contribution in [3.63, 3.8) is 0 Å². The summed E-state index contributed by atoms with van der Waals surface area (Å²) < 4.78 is 0. The van der Waals surface area contributed by atoms with Gasteiger partial charge in [0, 0.05) is 12.1 Å². The fraction of sp³-hybridized carbons (Fsp3) is 0.727. The van der Waals surface area contributed by atoms with Crippen LogP contribution in [0.5, 0.6) is 0 Å². The van der Waals surface area contributed by atoms with Gasteiger partial charge in [0.25, 0.3) is 0 Å². The summed E-state index contributed by atoms with van der Waals surface area (Å²) in [6.07, 6.45) is 5.30. The minimum atomic E-state index is -0.111. The van der Waals surface area contributed by atoms with Crippen LogP contribution >= 0.6 is 0 Å². The Morgan fingerprint density at radius 1 is 1.64 bits per heavy atom. The highest BCUT2D eigenvalue weighted by molar-refractivity contribution is 5.81. The number of rotatable bonds is 5. The zero-order valence-corrected chi connectivity index (χ0v) is 9.10. The molecule has 2 N–H and O–H groups in total. The van der Waals surface area contributed by atoms with Gasteiger partial charge >= 0.3 is 0 Å². The minimum Gasteiger partial charge on any atom is -0.351 e. The Hall–Kier alpha value is -0.830. The first-order valence-electron chi connectivity index (χ1n) is 5.24. The second kappa shape index (κ2) is 4.60. The van der Waals surface area contributed by atoms with Gasteiger partial charge in [0.05, 0.1) is 6.04 Å². The van der Waals surface area contributed by atoms with Gasteiger partial charge in [-0.05, 0) is 33.1 Å². The van der Waals surface area contributed by atoms with Gasteiger partial charge in [0.1, 0.15) is 0 Å². The summed E-state index contributed by atoms with van der Waals surface area (Å²) in [5, 5.41) is 6.14. The lowest BCUT2D eigenvalue weighted by Crippen LogP contribution is -2.56. The number of hydrogen-bond donors (Lipinski definition) is 2. The van der Waals surface area contributed by atoms with Crippen LogP contribution in [0.1, 0.15) is 33.1 Å². The molecule has 1 fully saturated rings. The highest BCUT2D eigenvalue weighted by Gasteiger charge is 2.33. The quantitative estimate of drug-likeness (QED) is 0.649. The highest BCUT2D eigenvalue weighted by Crippen LogP contribution is 2.31. The highest BCUT2D eigenvalue weighted by atomic mass is 16.2. The van der Waals surface area contributed by atoms with Crippen LogP contribution in [-0.4, -0.2) is 24.0 Å². The normalized spacial score (nSPS) is 20.7. The van der Waals surface area contributed by atoms with Gasteiger partial charge in [-0.2, -0.15) is 0 Å². The van der Waals surface area contributed by atoms with Gasteiger partial charge in [-0.1, -0.05) is 6.08 Å². The van der Waals surface area contributed by atoms with Crippen molar-refractivity contribution in [2.75, 3.05) is 6.54 Å². The van der Waals surface area contributed by atoms with E-state index in [1.54, 1.807) is 6.08 Å². The summed E-state index contributed by atoms with van der Waals surface area (Å²) in [6.45, 7) is 8.18. The van der Waals surface area contributed by atoms with E-state index in [0.717, 1.165) is 0 Å². The molecule has 0 saturated heterocycles. The standard InChI is InChI=1S/C11H20N2O/c1-4-8-12-10(14)9(2)13-11(3)6-5-7-11/h4,9,13H,1,5-8H2,2-3H3,(H,12,14). The maximum atomic E-state index is 11.5. The van der Waals surface area contributed by atoms with E-state index in [1.807, 2.05) is 6.92 Å². The molecule has 0 aromatic carbocycles. The molecule has 14 heavy (non-hydrogen) atoms. The third-order valence-electron chi connectivity index (χ3n) is 2.84. The molecule has 0 aromatic rings. The number of amides is 1. The molecule has 80 valence electrons. The van der Waals surface area contributed by atoms with E-state index in [-0.39, 0.29) is 17.5 Å². The summed E-state index contributed by atoms with van der Waals surface area (Å²) in [4.78, 5) is 11.5. The van der Waals surface area contributed by atoms with Crippen molar-refractivity contribution < 1.29 is 4.79 Å². The van der Waals surface area contributed by atoms with E-state index in [1.165, 1.54) is 19.3 Å². The molecule has 1 saturated carbocycles. The SMILES string of the molecule is C=CCNC(=O)C(C)NC1(C)CCC1. The third kappa shape index (κ3) is 2.84. The molecule has 0 aliphatic heterocycles. The summed E-state index contributed by atoms with van der Waals surface area (Å²) in [5.41, 5.74) is 0.185. The Bertz CT molecular complexity index is 221. The van der Waals surface area contributed by atoms with E-state index >= 15 is 0 Å². The Morgan fingerprint density at radius 3 is 2.71 bits per heavy atom. The molecule has 0 spiro atoms. The molecule has 3 nitrogen and oxygen atoms in total. The van der Waals surface area contributed by atoms with Gasteiger partial charge in [0.2, 0.25) is 5.91 Å². The van der Waals surface area contributed by atoms with Gasteiger partial charge in [0.15, 0.2) is 0 Å². The molecule has 1 unspecified atom stereocenters. The van der Waals surface area contributed by atoms with Gasteiger partial charge in [-0.15, -0.1) is 6.58 Å². The molecule has 1 aliphatic carbocycles. The van der Waals surface area contributed by atoms with E-state index in [9.17, 15) is 4.79 Å². The van der Waals surface area contributed by atoms with Crippen LogP contribution in [0.3, 0.4) is 0 Å². The van der Waals surface area contributed by atoms with E-state index < -0.39 is 0 Å². The van der Waals surface area contributed by atoms with Crippen molar-refractivity contribution in [2.45, 2.75) is 44.7 Å². The van der Waals surface area contributed by atoms with Gasteiger partial charge < -0.3 is 10.6 Å². The van der Waals surface area contributed by atoms with E-state index in [4.69, 9.17) is 0 Å². The zero-order chi connectivity index (χ0) is 10.6. The number of nitrogens with one attached hydrogen (secondary N) is 2.